The van der Waals surface area contributed by atoms with E-state index in [1.165, 1.54) is 6.92 Å². The number of rotatable bonds is 4. The van der Waals surface area contributed by atoms with Crippen LogP contribution in [0.15, 0.2) is 0 Å². The van der Waals surface area contributed by atoms with Crippen LogP contribution in [0.2, 0.25) is 0 Å². The number of alkyl halides is 5. The summed E-state index contributed by atoms with van der Waals surface area (Å²) >= 11 is 0. The van der Waals surface area contributed by atoms with Crippen molar-refractivity contribution in [2.24, 2.45) is 0 Å². The average Bonchev–Trinajstić information content (AvgIpc) is 1.83. The minimum atomic E-state index is -5.63. The highest BCUT2D eigenvalue weighted by atomic mass is 19.4. The van der Waals surface area contributed by atoms with Gasteiger partial charge in [-0.3, -0.25) is 4.79 Å². The van der Waals surface area contributed by atoms with E-state index in [-0.39, 0.29) is 12.8 Å². The number of halogens is 5. The zero-order valence-electron chi connectivity index (χ0n) is 6.92. The second-order valence-electron chi connectivity index (χ2n) is 2.67. The Morgan fingerprint density at radius 3 is 1.92 bits per heavy atom. The molecule has 13 heavy (non-hydrogen) atoms. The van der Waals surface area contributed by atoms with Crippen LogP contribution in [0.3, 0.4) is 0 Å². The Hall–Kier alpha value is -0.680. The molecule has 1 nitrogen and oxygen atoms in total. The maximum Gasteiger partial charge on any atom is 0.453 e. The number of carbonyl (C=O) groups excluding carboxylic acids is 1. The second-order valence-corrected chi connectivity index (χ2v) is 2.67. The van der Waals surface area contributed by atoms with Crippen molar-refractivity contribution in [1.29, 1.82) is 0 Å². The van der Waals surface area contributed by atoms with Gasteiger partial charge in [-0.2, -0.15) is 22.0 Å². The maximum absolute atomic E-state index is 12.2. The van der Waals surface area contributed by atoms with Crippen molar-refractivity contribution in [3.63, 3.8) is 0 Å². The van der Waals surface area contributed by atoms with Gasteiger partial charge >= 0.3 is 12.1 Å². The lowest BCUT2D eigenvalue weighted by atomic mass is 10.1. The summed E-state index contributed by atoms with van der Waals surface area (Å²) in [5, 5.41) is 0. The van der Waals surface area contributed by atoms with E-state index in [9.17, 15) is 26.7 Å². The monoisotopic (exact) mass is 204 g/mol. The highest BCUT2D eigenvalue weighted by Gasteiger charge is 2.57. The van der Waals surface area contributed by atoms with Gasteiger partial charge in [-0.05, 0) is 6.42 Å². The van der Waals surface area contributed by atoms with E-state index in [0.717, 1.165) is 0 Å². The Morgan fingerprint density at radius 2 is 1.62 bits per heavy atom. The molecule has 0 radical (unpaired) electrons. The predicted octanol–water partition coefficient (Wildman–Crippen LogP) is 2.94. The number of carbonyl (C=O) groups is 1. The Labute approximate surface area is 71.9 Å². The van der Waals surface area contributed by atoms with Gasteiger partial charge in [0.25, 0.3) is 0 Å². The molecule has 0 unspecified atom stereocenters. The van der Waals surface area contributed by atoms with Crippen molar-refractivity contribution < 1.29 is 26.7 Å². The molecule has 0 saturated carbocycles. The van der Waals surface area contributed by atoms with Crippen molar-refractivity contribution in [1.82, 2.24) is 0 Å². The Balaban J connectivity index is 4.26. The van der Waals surface area contributed by atoms with Crippen molar-refractivity contribution in [2.45, 2.75) is 38.3 Å². The van der Waals surface area contributed by atoms with Crippen LogP contribution >= 0.6 is 0 Å². The van der Waals surface area contributed by atoms with Crippen LogP contribution in [0.25, 0.3) is 0 Å². The molecule has 0 spiro atoms. The molecule has 6 heteroatoms. The molecule has 0 aliphatic carbocycles. The second kappa shape index (κ2) is 4.02. The molecule has 0 fully saturated rings. The fourth-order valence-electron chi connectivity index (χ4n) is 0.715. The van der Waals surface area contributed by atoms with E-state index in [0.29, 0.717) is 0 Å². The Morgan fingerprint density at radius 1 is 1.15 bits per heavy atom. The van der Waals surface area contributed by atoms with E-state index < -0.39 is 24.3 Å². The zero-order chi connectivity index (χ0) is 10.7. The first kappa shape index (κ1) is 12.3. The van der Waals surface area contributed by atoms with Gasteiger partial charge in [0.15, 0.2) is 0 Å². The third-order valence-corrected chi connectivity index (χ3v) is 1.36. The Bertz CT molecular complexity index is 184. The van der Waals surface area contributed by atoms with Crippen molar-refractivity contribution in [3.05, 3.63) is 0 Å². The minimum absolute atomic E-state index is 0.244. The van der Waals surface area contributed by atoms with E-state index in [4.69, 9.17) is 0 Å². The molecule has 0 aromatic heterocycles. The number of Topliss-reactive ketones (excluding diaryl/α,β-unsaturated/α-hetero) is 1. The smallest absolute Gasteiger partial charge is 0.299 e. The molecule has 0 amide bonds. The van der Waals surface area contributed by atoms with Crippen LogP contribution in [-0.4, -0.2) is 17.9 Å². The van der Waals surface area contributed by atoms with E-state index in [1.54, 1.807) is 0 Å². The van der Waals surface area contributed by atoms with Gasteiger partial charge in [0.2, 0.25) is 0 Å². The number of hydrogen-bond donors (Lipinski definition) is 0. The van der Waals surface area contributed by atoms with E-state index in [1.807, 2.05) is 0 Å². The lowest BCUT2D eigenvalue weighted by Gasteiger charge is -2.18. The van der Waals surface area contributed by atoms with Gasteiger partial charge in [0, 0.05) is 6.42 Å². The molecule has 0 atom stereocenters. The summed E-state index contributed by atoms with van der Waals surface area (Å²) in [6.07, 6.45) is -7.35. The summed E-state index contributed by atoms with van der Waals surface area (Å²) in [4.78, 5) is 10.5. The van der Waals surface area contributed by atoms with Crippen molar-refractivity contribution in [3.8, 4) is 0 Å². The molecule has 0 aliphatic heterocycles. The summed E-state index contributed by atoms with van der Waals surface area (Å²) in [5.74, 6) is -5.95. The molecule has 0 aromatic carbocycles. The fourth-order valence-corrected chi connectivity index (χ4v) is 0.715. The molecule has 78 valence electrons. The first-order chi connectivity index (χ1) is 5.70. The summed E-state index contributed by atoms with van der Waals surface area (Å²) in [6, 6.07) is 0. The van der Waals surface area contributed by atoms with Crippen molar-refractivity contribution in [2.75, 3.05) is 0 Å². The molecule has 0 saturated heterocycles. The topological polar surface area (TPSA) is 17.1 Å². The molecule has 0 rings (SSSR count). The average molecular weight is 204 g/mol. The van der Waals surface area contributed by atoms with E-state index in [2.05, 4.69) is 0 Å². The normalized spacial score (nSPS) is 13.1. The van der Waals surface area contributed by atoms with Gasteiger partial charge in [0.05, 0.1) is 6.42 Å². The standard InChI is InChI=1S/C7H9F5O/c1-2-3-5(13)4-6(8,9)7(10,11)12/h2-4H2,1H3. The molecular formula is C7H9F5O. The molecule has 0 aromatic rings. The number of ketones is 1. The van der Waals surface area contributed by atoms with Gasteiger partial charge in [-0.15, -0.1) is 0 Å². The van der Waals surface area contributed by atoms with Crippen LogP contribution < -0.4 is 0 Å². The molecule has 0 heterocycles. The quantitative estimate of drug-likeness (QED) is 0.643. The Kier molecular flexibility index (Phi) is 3.81. The molecule has 0 N–H and O–H groups in total. The van der Waals surface area contributed by atoms with Gasteiger partial charge in [-0.1, -0.05) is 6.92 Å². The van der Waals surface area contributed by atoms with Gasteiger partial charge < -0.3 is 0 Å². The van der Waals surface area contributed by atoms with Crippen LogP contribution in [0, 0.1) is 0 Å². The molecular weight excluding hydrogens is 195 g/mol. The van der Waals surface area contributed by atoms with Gasteiger partial charge in [0.1, 0.15) is 5.78 Å². The first-order valence-electron chi connectivity index (χ1n) is 3.67. The highest BCUT2D eigenvalue weighted by molar-refractivity contribution is 5.79. The number of hydrogen-bond acceptors (Lipinski definition) is 1. The summed E-state index contributed by atoms with van der Waals surface area (Å²) < 4.78 is 58.9. The van der Waals surface area contributed by atoms with Crippen LogP contribution in [0.1, 0.15) is 26.2 Å². The fraction of sp³-hybridized carbons (Fsp3) is 0.857. The summed E-state index contributed by atoms with van der Waals surface area (Å²) in [7, 11) is 0. The third kappa shape index (κ3) is 3.69. The van der Waals surface area contributed by atoms with Crippen LogP contribution in [-0.2, 0) is 4.79 Å². The lowest BCUT2D eigenvalue weighted by molar-refractivity contribution is -0.281. The third-order valence-electron chi connectivity index (χ3n) is 1.36. The first-order valence-corrected chi connectivity index (χ1v) is 3.67. The highest BCUT2D eigenvalue weighted by Crippen LogP contribution is 2.38. The largest absolute Gasteiger partial charge is 0.453 e. The van der Waals surface area contributed by atoms with Crippen LogP contribution in [0.4, 0.5) is 22.0 Å². The van der Waals surface area contributed by atoms with Crippen LogP contribution in [0.5, 0.6) is 0 Å². The molecule has 0 aliphatic rings. The molecule has 0 bridgehead atoms. The predicted molar refractivity (Wildman–Crippen MR) is 35.5 cm³/mol. The zero-order valence-corrected chi connectivity index (χ0v) is 6.92. The maximum atomic E-state index is 12.2. The summed E-state index contributed by atoms with van der Waals surface area (Å²) in [5.41, 5.74) is 0. The minimum Gasteiger partial charge on any atom is -0.299 e. The lowest BCUT2D eigenvalue weighted by Crippen LogP contribution is -2.38. The SMILES string of the molecule is CCCC(=O)CC(F)(F)C(F)(F)F. The van der Waals surface area contributed by atoms with Gasteiger partial charge in [-0.25, -0.2) is 0 Å². The van der Waals surface area contributed by atoms with E-state index >= 15 is 0 Å². The summed E-state index contributed by atoms with van der Waals surface area (Å²) in [6.45, 7) is 1.53. The van der Waals surface area contributed by atoms with Crippen molar-refractivity contribution >= 4 is 5.78 Å².